The van der Waals surface area contributed by atoms with Gasteiger partial charge in [0.05, 0.1) is 0 Å². The van der Waals surface area contributed by atoms with Gasteiger partial charge in [0.2, 0.25) is 0 Å². The van der Waals surface area contributed by atoms with E-state index in [1.807, 2.05) is 0 Å². The van der Waals surface area contributed by atoms with Crippen molar-refractivity contribution in [3.05, 3.63) is 12.2 Å². The Morgan fingerprint density at radius 1 is 1.40 bits per heavy atom. The molecule has 0 saturated carbocycles. The fourth-order valence-corrected chi connectivity index (χ4v) is 1.50. The molecule has 0 aromatic rings. The third-order valence-corrected chi connectivity index (χ3v) is 2.76. The average molecular weight is 140 g/mol. The van der Waals surface area contributed by atoms with Crippen LogP contribution in [0.4, 0.5) is 0 Å². The van der Waals surface area contributed by atoms with Gasteiger partial charge in [-0.2, -0.15) is 0 Å². The van der Waals surface area contributed by atoms with E-state index >= 15 is 0 Å². The third kappa shape index (κ3) is 1.10. The standard InChI is InChI=1S/C9H16O/c1-8(2)9(7-10)5-3-4-6-9/h3-4,8,10H,5-7H2,1-2H3. The Morgan fingerprint density at radius 3 is 2.10 bits per heavy atom. The molecule has 1 aliphatic rings. The lowest BCUT2D eigenvalue weighted by Gasteiger charge is -2.30. The lowest BCUT2D eigenvalue weighted by molar-refractivity contribution is 0.0889. The highest BCUT2D eigenvalue weighted by atomic mass is 16.3. The van der Waals surface area contributed by atoms with Gasteiger partial charge in [-0.3, -0.25) is 0 Å². The fraction of sp³-hybridized carbons (Fsp3) is 0.778. The highest BCUT2D eigenvalue weighted by molar-refractivity contribution is 5.03. The topological polar surface area (TPSA) is 20.2 Å². The first-order valence-electron chi connectivity index (χ1n) is 3.97. The van der Waals surface area contributed by atoms with Crippen LogP contribution in [0.3, 0.4) is 0 Å². The molecule has 0 aliphatic heterocycles. The van der Waals surface area contributed by atoms with Crippen LogP contribution in [0, 0.1) is 11.3 Å². The molecule has 0 radical (unpaired) electrons. The molecule has 58 valence electrons. The molecule has 1 N–H and O–H groups in total. The van der Waals surface area contributed by atoms with Crippen molar-refractivity contribution in [1.29, 1.82) is 0 Å². The van der Waals surface area contributed by atoms with Crippen LogP contribution >= 0.6 is 0 Å². The van der Waals surface area contributed by atoms with Crippen molar-refractivity contribution in [2.75, 3.05) is 6.61 Å². The van der Waals surface area contributed by atoms with Crippen molar-refractivity contribution in [2.45, 2.75) is 26.7 Å². The van der Waals surface area contributed by atoms with Gasteiger partial charge >= 0.3 is 0 Å². The second kappa shape index (κ2) is 2.75. The predicted molar refractivity (Wildman–Crippen MR) is 42.7 cm³/mol. The van der Waals surface area contributed by atoms with E-state index < -0.39 is 0 Å². The summed E-state index contributed by atoms with van der Waals surface area (Å²) in [6.45, 7) is 4.70. The number of hydrogen-bond donors (Lipinski definition) is 1. The summed E-state index contributed by atoms with van der Waals surface area (Å²) in [5.74, 6) is 0.590. The van der Waals surface area contributed by atoms with Crippen molar-refractivity contribution in [3.63, 3.8) is 0 Å². The molecule has 0 unspecified atom stereocenters. The summed E-state index contributed by atoms with van der Waals surface area (Å²) >= 11 is 0. The molecule has 1 aliphatic carbocycles. The van der Waals surface area contributed by atoms with Crippen molar-refractivity contribution >= 4 is 0 Å². The van der Waals surface area contributed by atoms with Crippen LogP contribution in [0.15, 0.2) is 12.2 Å². The van der Waals surface area contributed by atoms with E-state index in [1.165, 1.54) is 0 Å². The van der Waals surface area contributed by atoms with Gasteiger partial charge in [-0.1, -0.05) is 26.0 Å². The maximum absolute atomic E-state index is 9.15. The van der Waals surface area contributed by atoms with Gasteiger partial charge in [0.25, 0.3) is 0 Å². The SMILES string of the molecule is CC(C)C1(CO)CC=CC1. The Hall–Kier alpha value is -0.300. The summed E-state index contributed by atoms with van der Waals surface area (Å²) in [5, 5.41) is 9.15. The molecule has 0 atom stereocenters. The first kappa shape index (κ1) is 7.80. The summed E-state index contributed by atoms with van der Waals surface area (Å²) in [4.78, 5) is 0. The van der Waals surface area contributed by atoms with Crippen molar-refractivity contribution in [2.24, 2.45) is 11.3 Å². The van der Waals surface area contributed by atoms with Gasteiger partial charge in [-0.25, -0.2) is 0 Å². The van der Waals surface area contributed by atoms with Gasteiger partial charge in [0.15, 0.2) is 0 Å². The molecule has 1 nitrogen and oxygen atoms in total. The average Bonchev–Trinajstić information content (AvgIpc) is 2.35. The summed E-state index contributed by atoms with van der Waals surface area (Å²) < 4.78 is 0. The maximum atomic E-state index is 9.15. The smallest absolute Gasteiger partial charge is 0.0495 e. The van der Waals surface area contributed by atoms with E-state index in [9.17, 15) is 0 Å². The van der Waals surface area contributed by atoms with Crippen LogP contribution in [-0.2, 0) is 0 Å². The monoisotopic (exact) mass is 140 g/mol. The normalized spacial score (nSPS) is 22.4. The van der Waals surface area contributed by atoms with Crippen molar-refractivity contribution < 1.29 is 5.11 Å². The van der Waals surface area contributed by atoms with E-state index in [2.05, 4.69) is 26.0 Å². The zero-order valence-corrected chi connectivity index (χ0v) is 6.80. The van der Waals surface area contributed by atoms with Crippen molar-refractivity contribution in [1.82, 2.24) is 0 Å². The van der Waals surface area contributed by atoms with Gasteiger partial charge in [-0.15, -0.1) is 0 Å². The Kier molecular flexibility index (Phi) is 2.14. The molecule has 0 amide bonds. The lowest BCUT2D eigenvalue weighted by atomic mass is 9.76. The zero-order chi connectivity index (χ0) is 7.61. The van der Waals surface area contributed by atoms with Crippen LogP contribution in [0.2, 0.25) is 0 Å². The van der Waals surface area contributed by atoms with E-state index in [1.54, 1.807) is 0 Å². The first-order chi connectivity index (χ1) is 4.71. The van der Waals surface area contributed by atoms with Gasteiger partial charge in [0.1, 0.15) is 0 Å². The van der Waals surface area contributed by atoms with E-state index in [0.29, 0.717) is 12.5 Å². The second-order valence-corrected chi connectivity index (χ2v) is 3.55. The molecule has 10 heavy (non-hydrogen) atoms. The Bertz CT molecular complexity index is 128. The number of aliphatic hydroxyl groups excluding tert-OH is 1. The Morgan fingerprint density at radius 2 is 1.90 bits per heavy atom. The highest BCUT2D eigenvalue weighted by Crippen LogP contribution is 2.39. The minimum atomic E-state index is 0.181. The predicted octanol–water partition coefficient (Wildman–Crippen LogP) is 1.97. The summed E-state index contributed by atoms with van der Waals surface area (Å²) in [7, 11) is 0. The maximum Gasteiger partial charge on any atom is 0.0495 e. The number of hydrogen-bond acceptors (Lipinski definition) is 1. The largest absolute Gasteiger partial charge is 0.396 e. The molecule has 0 aromatic heterocycles. The van der Waals surface area contributed by atoms with E-state index in [0.717, 1.165) is 12.8 Å². The molecule has 0 heterocycles. The van der Waals surface area contributed by atoms with Crippen LogP contribution in [0.5, 0.6) is 0 Å². The fourth-order valence-electron chi connectivity index (χ4n) is 1.50. The molecular formula is C9H16O. The molecule has 0 fully saturated rings. The summed E-state index contributed by atoms with van der Waals surface area (Å²) in [6, 6.07) is 0. The van der Waals surface area contributed by atoms with Gasteiger partial charge in [0, 0.05) is 12.0 Å². The van der Waals surface area contributed by atoms with Gasteiger partial charge in [-0.05, 0) is 18.8 Å². The molecule has 1 rings (SSSR count). The summed E-state index contributed by atoms with van der Waals surface area (Å²) in [5.41, 5.74) is 0.181. The van der Waals surface area contributed by atoms with Crippen LogP contribution in [0.25, 0.3) is 0 Å². The minimum absolute atomic E-state index is 0.181. The molecule has 1 heteroatoms. The number of allylic oxidation sites excluding steroid dienone is 2. The molecular weight excluding hydrogens is 124 g/mol. The Labute approximate surface area is 62.8 Å². The van der Waals surface area contributed by atoms with Crippen LogP contribution < -0.4 is 0 Å². The number of rotatable bonds is 2. The highest BCUT2D eigenvalue weighted by Gasteiger charge is 2.33. The Balaban J connectivity index is 2.61. The molecule has 0 aromatic carbocycles. The van der Waals surface area contributed by atoms with E-state index in [-0.39, 0.29) is 5.41 Å². The first-order valence-corrected chi connectivity index (χ1v) is 3.97. The summed E-state index contributed by atoms with van der Waals surface area (Å²) in [6.07, 6.45) is 6.47. The number of aliphatic hydroxyl groups is 1. The molecule has 0 bridgehead atoms. The van der Waals surface area contributed by atoms with Crippen molar-refractivity contribution in [3.8, 4) is 0 Å². The zero-order valence-electron chi connectivity index (χ0n) is 6.80. The second-order valence-electron chi connectivity index (χ2n) is 3.55. The minimum Gasteiger partial charge on any atom is -0.396 e. The van der Waals surface area contributed by atoms with Crippen LogP contribution in [0.1, 0.15) is 26.7 Å². The van der Waals surface area contributed by atoms with Gasteiger partial charge < -0.3 is 5.11 Å². The quantitative estimate of drug-likeness (QED) is 0.581. The lowest BCUT2D eigenvalue weighted by Crippen LogP contribution is -2.28. The molecule has 0 saturated heterocycles. The third-order valence-electron chi connectivity index (χ3n) is 2.76. The van der Waals surface area contributed by atoms with E-state index in [4.69, 9.17) is 5.11 Å². The van der Waals surface area contributed by atoms with Crippen LogP contribution in [-0.4, -0.2) is 11.7 Å². The molecule has 0 spiro atoms.